The summed E-state index contributed by atoms with van der Waals surface area (Å²) in [5.41, 5.74) is 0.914. The van der Waals surface area contributed by atoms with Crippen molar-refractivity contribution in [3.05, 3.63) is 48.0 Å². The van der Waals surface area contributed by atoms with Crippen LogP contribution in [0.5, 0.6) is 0 Å². The van der Waals surface area contributed by atoms with Crippen LogP contribution in [0.1, 0.15) is 12.5 Å². The van der Waals surface area contributed by atoms with E-state index in [-0.39, 0.29) is 0 Å². The molecule has 0 aliphatic heterocycles. The predicted octanol–water partition coefficient (Wildman–Crippen LogP) is 2.73. The fourth-order valence-electron chi connectivity index (χ4n) is 1.55. The second kappa shape index (κ2) is 4.78. The van der Waals surface area contributed by atoms with Crippen LogP contribution < -0.4 is 0 Å². The minimum absolute atomic E-state index is 0.707. The number of aliphatic carboxylic acids is 1. The van der Waals surface area contributed by atoms with Gasteiger partial charge in [-0.25, -0.2) is 4.79 Å². The number of hydrogen-bond acceptors (Lipinski definition) is 2. The fourth-order valence-corrected chi connectivity index (χ4v) is 1.55. The van der Waals surface area contributed by atoms with E-state index in [1.54, 1.807) is 13.1 Å². The minimum Gasteiger partial charge on any atom is -0.480 e. The van der Waals surface area contributed by atoms with Crippen LogP contribution in [0.4, 0.5) is 0 Å². The molecule has 1 atom stereocenters. The monoisotopic (exact) mass is 227 g/mol. The molecule has 2 rings (SSSR count). The third-order valence-corrected chi connectivity index (χ3v) is 2.58. The largest absolute Gasteiger partial charge is 0.480 e. The van der Waals surface area contributed by atoms with E-state index in [0.717, 1.165) is 16.3 Å². The molecule has 0 spiro atoms. The Kier molecular flexibility index (Phi) is 3.19. The Labute approximate surface area is 99.4 Å². The molecule has 0 fully saturated rings. The lowest BCUT2D eigenvalue weighted by molar-refractivity contribution is -0.137. The first-order chi connectivity index (χ1) is 8.16. The zero-order valence-corrected chi connectivity index (χ0v) is 9.50. The Bertz CT molecular complexity index is 575. The molecule has 0 amide bonds. The maximum absolute atomic E-state index is 10.6. The van der Waals surface area contributed by atoms with Crippen molar-refractivity contribution in [2.45, 2.75) is 13.0 Å². The van der Waals surface area contributed by atoms with Gasteiger partial charge in [0.1, 0.15) is 6.04 Å². The second-order valence-corrected chi connectivity index (χ2v) is 3.90. The summed E-state index contributed by atoms with van der Waals surface area (Å²) in [5.74, 6) is -0.915. The van der Waals surface area contributed by atoms with E-state index in [2.05, 4.69) is 4.99 Å². The summed E-state index contributed by atoms with van der Waals surface area (Å²) >= 11 is 0. The van der Waals surface area contributed by atoms with Crippen molar-refractivity contribution in [2.24, 2.45) is 4.99 Å². The third kappa shape index (κ3) is 2.69. The molecule has 3 nitrogen and oxygen atoms in total. The highest BCUT2D eigenvalue weighted by Crippen LogP contribution is 2.14. The number of carbonyl (C=O) groups is 1. The van der Waals surface area contributed by atoms with E-state index in [1.165, 1.54) is 0 Å². The molecule has 0 saturated heterocycles. The van der Waals surface area contributed by atoms with Crippen LogP contribution in [-0.2, 0) is 4.79 Å². The Morgan fingerprint density at radius 1 is 1.24 bits per heavy atom. The zero-order valence-electron chi connectivity index (χ0n) is 9.50. The first-order valence-electron chi connectivity index (χ1n) is 5.41. The van der Waals surface area contributed by atoms with Crippen molar-refractivity contribution in [2.75, 3.05) is 0 Å². The highest BCUT2D eigenvalue weighted by Gasteiger charge is 2.06. The SMILES string of the molecule is CC(N=Cc1ccc2ccccc2c1)C(=O)O. The molecule has 0 bridgehead atoms. The molecule has 86 valence electrons. The van der Waals surface area contributed by atoms with Crippen molar-refractivity contribution in [3.8, 4) is 0 Å². The van der Waals surface area contributed by atoms with Gasteiger partial charge in [-0.1, -0.05) is 36.4 Å². The summed E-state index contributed by atoms with van der Waals surface area (Å²) in [7, 11) is 0. The van der Waals surface area contributed by atoms with E-state index >= 15 is 0 Å². The summed E-state index contributed by atoms with van der Waals surface area (Å²) in [6.07, 6.45) is 1.60. The molecule has 0 saturated carbocycles. The highest BCUT2D eigenvalue weighted by molar-refractivity contribution is 5.91. The first-order valence-corrected chi connectivity index (χ1v) is 5.41. The molecular weight excluding hydrogens is 214 g/mol. The van der Waals surface area contributed by atoms with Crippen molar-refractivity contribution in [1.29, 1.82) is 0 Å². The van der Waals surface area contributed by atoms with Gasteiger partial charge >= 0.3 is 5.97 Å². The Hall–Kier alpha value is -2.16. The molecule has 2 aromatic carbocycles. The van der Waals surface area contributed by atoms with Crippen molar-refractivity contribution >= 4 is 23.0 Å². The molecule has 0 radical (unpaired) electrons. The minimum atomic E-state index is -0.915. The number of rotatable bonds is 3. The van der Waals surface area contributed by atoms with Gasteiger partial charge in [0.2, 0.25) is 0 Å². The Balaban J connectivity index is 2.28. The van der Waals surface area contributed by atoms with E-state index in [0.29, 0.717) is 0 Å². The summed E-state index contributed by atoms with van der Waals surface area (Å²) in [6.45, 7) is 1.56. The highest BCUT2D eigenvalue weighted by atomic mass is 16.4. The average molecular weight is 227 g/mol. The van der Waals surface area contributed by atoms with Crippen molar-refractivity contribution in [3.63, 3.8) is 0 Å². The molecule has 3 heteroatoms. The smallest absolute Gasteiger partial charge is 0.328 e. The molecule has 1 unspecified atom stereocenters. The lowest BCUT2D eigenvalue weighted by atomic mass is 10.1. The number of carboxylic acid groups (broad SMARTS) is 1. The fraction of sp³-hybridized carbons (Fsp3) is 0.143. The van der Waals surface area contributed by atoms with Gasteiger partial charge in [0, 0.05) is 6.21 Å². The van der Waals surface area contributed by atoms with Gasteiger partial charge in [-0.2, -0.15) is 0 Å². The van der Waals surface area contributed by atoms with Crippen LogP contribution >= 0.6 is 0 Å². The maximum Gasteiger partial charge on any atom is 0.328 e. The van der Waals surface area contributed by atoms with Crippen molar-refractivity contribution < 1.29 is 9.90 Å². The topological polar surface area (TPSA) is 49.7 Å². The molecule has 0 aliphatic rings. The molecule has 0 aliphatic carbocycles. The lowest BCUT2D eigenvalue weighted by Crippen LogP contribution is -2.13. The van der Waals surface area contributed by atoms with Crippen molar-refractivity contribution in [1.82, 2.24) is 0 Å². The van der Waals surface area contributed by atoms with Gasteiger partial charge in [-0.05, 0) is 29.3 Å². The number of fused-ring (bicyclic) bond motifs is 1. The van der Waals surface area contributed by atoms with Crippen LogP contribution in [0.25, 0.3) is 10.8 Å². The summed E-state index contributed by atoms with van der Waals surface area (Å²) < 4.78 is 0. The summed E-state index contributed by atoms with van der Waals surface area (Å²) in [6, 6.07) is 13.2. The normalized spacial score (nSPS) is 13.0. The van der Waals surface area contributed by atoms with Crippen LogP contribution in [0.15, 0.2) is 47.5 Å². The Morgan fingerprint density at radius 2 is 1.94 bits per heavy atom. The quantitative estimate of drug-likeness (QED) is 0.819. The van der Waals surface area contributed by atoms with Crippen LogP contribution in [0.2, 0.25) is 0 Å². The van der Waals surface area contributed by atoms with Gasteiger partial charge in [-0.15, -0.1) is 0 Å². The standard InChI is InChI=1S/C14H13NO2/c1-10(14(16)17)15-9-11-6-7-12-4-2-3-5-13(12)8-11/h2-10H,1H3,(H,16,17). The number of nitrogens with zero attached hydrogens (tertiary/aromatic N) is 1. The van der Waals surface area contributed by atoms with Crippen LogP contribution in [0, 0.1) is 0 Å². The van der Waals surface area contributed by atoms with Crippen LogP contribution in [0.3, 0.4) is 0 Å². The van der Waals surface area contributed by atoms with Gasteiger partial charge in [0.15, 0.2) is 0 Å². The predicted molar refractivity (Wildman–Crippen MR) is 68.6 cm³/mol. The van der Waals surface area contributed by atoms with Gasteiger partial charge < -0.3 is 5.11 Å². The molecule has 1 N–H and O–H groups in total. The third-order valence-electron chi connectivity index (χ3n) is 2.58. The van der Waals surface area contributed by atoms with Gasteiger partial charge in [0.25, 0.3) is 0 Å². The molecule has 0 heterocycles. The number of benzene rings is 2. The number of aliphatic imine (C=N–C) groups is 1. The first kappa shape index (κ1) is 11.3. The van der Waals surface area contributed by atoms with Gasteiger partial charge in [0.05, 0.1) is 0 Å². The molecule has 17 heavy (non-hydrogen) atoms. The van der Waals surface area contributed by atoms with Crippen LogP contribution in [-0.4, -0.2) is 23.3 Å². The van der Waals surface area contributed by atoms with Gasteiger partial charge in [-0.3, -0.25) is 4.99 Å². The molecule has 0 aromatic heterocycles. The molecule has 2 aromatic rings. The summed E-state index contributed by atoms with van der Waals surface area (Å²) in [5, 5.41) is 11.0. The summed E-state index contributed by atoms with van der Waals surface area (Å²) in [4.78, 5) is 14.6. The van der Waals surface area contributed by atoms with E-state index in [9.17, 15) is 4.79 Å². The average Bonchev–Trinajstić information content (AvgIpc) is 2.35. The second-order valence-electron chi connectivity index (χ2n) is 3.90. The van der Waals surface area contributed by atoms with E-state index in [4.69, 9.17) is 5.11 Å². The van der Waals surface area contributed by atoms with E-state index < -0.39 is 12.0 Å². The lowest BCUT2D eigenvalue weighted by Gasteiger charge is -2.00. The maximum atomic E-state index is 10.6. The zero-order chi connectivity index (χ0) is 12.3. The number of hydrogen-bond donors (Lipinski definition) is 1. The Morgan fingerprint density at radius 3 is 2.65 bits per heavy atom. The molecular formula is C14H13NO2. The van der Waals surface area contributed by atoms with E-state index in [1.807, 2.05) is 42.5 Å². The number of carboxylic acids is 1.